The summed E-state index contributed by atoms with van der Waals surface area (Å²) in [4.78, 5) is 62.0. The highest BCUT2D eigenvalue weighted by Gasteiger charge is 2.57. The van der Waals surface area contributed by atoms with E-state index in [0.717, 1.165) is 106 Å². The van der Waals surface area contributed by atoms with Crippen LogP contribution in [0.1, 0.15) is 210 Å². The molecule has 7 fully saturated rings. The zero-order valence-electron chi connectivity index (χ0n) is 76.7. The van der Waals surface area contributed by atoms with Crippen molar-refractivity contribution in [2.45, 2.75) is 211 Å². The summed E-state index contributed by atoms with van der Waals surface area (Å²) in [5.41, 5.74) is 17.9. The van der Waals surface area contributed by atoms with Crippen molar-refractivity contribution in [3.05, 3.63) is 248 Å². The second kappa shape index (κ2) is 42.4. The van der Waals surface area contributed by atoms with E-state index in [1.165, 1.54) is 60.3 Å². The van der Waals surface area contributed by atoms with Crippen molar-refractivity contribution in [2.24, 2.45) is 97.5 Å². The number of nitro benzene ring substituents is 1. The predicted octanol–water partition coefficient (Wildman–Crippen LogP) is 21.4. The third kappa shape index (κ3) is 23.4. The fourth-order valence-electron chi connectivity index (χ4n) is 22.4. The Kier molecular flexibility index (Phi) is 32.7. The number of nitro groups is 1. The molecule has 4 aliphatic heterocycles. The highest BCUT2D eigenvalue weighted by molar-refractivity contribution is 8.14. The van der Waals surface area contributed by atoms with Gasteiger partial charge in [-0.2, -0.15) is 0 Å². The fraction of sp³-hybridized carbons (Fsp3) is 0.515. The smallest absolute Gasteiger partial charge is 0.413 e. The first-order valence-electron chi connectivity index (χ1n) is 45.4. The van der Waals surface area contributed by atoms with Gasteiger partial charge in [0.1, 0.15) is 46.1 Å². The molecular weight excluding hydrogens is 1760 g/mol. The van der Waals surface area contributed by atoms with Crippen LogP contribution in [0.25, 0.3) is 0 Å². The molecule has 20 nitrogen and oxygen atoms in total. The maximum Gasteiger partial charge on any atom is 0.413 e. The number of nitrogens with zero attached hydrogens (tertiary/aromatic N) is 4. The van der Waals surface area contributed by atoms with Gasteiger partial charge in [0.2, 0.25) is 0 Å². The highest BCUT2D eigenvalue weighted by Crippen LogP contribution is 2.59. The number of hydrogen-bond acceptors (Lipinski definition) is 20. The van der Waals surface area contributed by atoms with Crippen molar-refractivity contribution < 1.29 is 70.1 Å². The van der Waals surface area contributed by atoms with E-state index in [-0.39, 0.29) is 94.5 Å². The average molecular weight is 1880 g/mol. The van der Waals surface area contributed by atoms with E-state index in [4.69, 9.17) is 53.6 Å². The molecule has 10 aliphatic rings. The van der Waals surface area contributed by atoms with Crippen LogP contribution in [-0.2, 0) is 47.2 Å². The molecule has 7 aromatic carbocycles. The molecule has 4 heterocycles. The summed E-state index contributed by atoms with van der Waals surface area (Å²) in [5.74, 6) is 4.27. The molecule has 0 aromatic heterocycles. The number of alkyl carbamates (subject to hydrolysis) is 2. The molecule has 0 bridgehead atoms. The Hall–Kier alpha value is -8.88. The predicted molar refractivity (Wildman–Crippen MR) is 514 cm³/mol. The third-order valence-corrected chi connectivity index (χ3v) is 30.7. The third-order valence-electron chi connectivity index (χ3n) is 27.4. The second-order valence-electron chi connectivity index (χ2n) is 39.9. The molecule has 17 rings (SSSR count). The van der Waals surface area contributed by atoms with Crippen molar-refractivity contribution in [1.82, 2.24) is 16.0 Å². The number of fused-ring (bicyclic) bond motifs is 4. The molecule has 0 unspecified atom stereocenters. The lowest BCUT2D eigenvalue weighted by Gasteiger charge is -2.37. The number of ether oxygens (including phenoxy) is 3. The number of rotatable bonds is 12. The number of thiocarbonyl (C=S) groups is 1. The van der Waals surface area contributed by atoms with Crippen molar-refractivity contribution >= 4 is 97.5 Å². The summed E-state index contributed by atoms with van der Waals surface area (Å²) < 4.78 is 102. The molecule has 6 aliphatic carbocycles. The summed E-state index contributed by atoms with van der Waals surface area (Å²) in [6.45, 7) is 25.1. The van der Waals surface area contributed by atoms with Gasteiger partial charge in [-0.25, -0.2) is 35.9 Å². The first kappa shape index (κ1) is 101. The first-order chi connectivity index (χ1) is 62.0. The van der Waals surface area contributed by atoms with Gasteiger partial charge >= 0.3 is 12.2 Å². The standard InChI is InChI=1S/C22H24FNO2S.C19H24FN3O4S.C19H26FN3O2S.C14H17FN2S.C14H17FO.C13H18FNO/c1-15-11-17(14-25)22(12-15,18-9-5-6-10-19(18)23)13-20(27)24-21(26)16-7-3-2-4-8-16;1-11-7-12-10-28-16(21-17(24)27-18(2,3)4)22-19(12,9-11)14-8-13(23(25)26)5-6-15(14)20;1-11-7-12-10-26-16(22-17(24)25-18(2,3)4)23-19(12,9-11)14-8-13(21)5-6-15(14)20;1-9-6-10-8-18-13(16)17-14(10,7-9)11-4-2-3-5-12(11)15;1-10-6-11-8-16-9-14(11,7-10)12-4-2-3-5-13(12)15;1-9-6-10(8-16)13(15,7-9)11-4-2-3-5-12(11)14/h2-10,15,17,25H,11-14H2,1H3,(H,24,26,27);5-6,8,11-12H,7,9-10H2,1-4H3,(H,21,22,24);5-6,8,11-12H,7,9-10,21H2,1-4H3,(H,22,23,24);2-5,9-10H,6-8H2,1H3,(H2,16,17);2-5,10-11H,6-9H2,1H3;2-5,9-10,16H,6-8,15H2,1H3/t15-,17-,22-;2*11-,12-,19-;9-,10-,14-;10-,11-,14-;9-,10-,13-/m000000/s1. The van der Waals surface area contributed by atoms with E-state index in [1.807, 2.05) is 36.4 Å². The van der Waals surface area contributed by atoms with Gasteiger partial charge < -0.3 is 46.9 Å². The normalized spacial score (nSPS) is 30.0. The van der Waals surface area contributed by atoms with Crippen molar-refractivity contribution in [3.8, 4) is 0 Å². The minimum absolute atomic E-state index is 0.0230. The highest BCUT2D eigenvalue weighted by atomic mass is 32.2. The van der Waals surface area contributed by atoms with Crippen LogP contribution in [0, 0.1) is 116 Å². The molecule has 0 spiro atoms. The van der Waals surface area contributed by atoms with Crippen molar-refractivity contribution in [2.75, 3.05) is 49.4 Å². The number of halogens is 6. The van der Waals surface area contributed by atoms with Gasteiger partial charge in [0.15, 0.2) is 15.5 Å². The van der Waals surface area contributed by atoms with Crippen molar-refractivity contribution in [3.63, 3.8) is 0 Å². The molecule has 3 amide bonds. The maximum atomic E-state index is 14.8. The van der Waals surface area contributed by atoms with E-state index in [9.17, 15) is 61.1 Å². The minimum Gasteiger partial charge on any atom is -0.444 e. The van der Waals surface area contributed by atoms with E-state index >= 15 is 0 Å². The molecule has 6 saturated carbocycles. The topological polar surface area (TPSA) is 314 Å². The number of nitrogen functional groups attached to an aromatic ring is 1. The number of benzene rings is 7. The first-order valence-corrected chi connectivity index (χ1v) is 48.7. The van der Waals surface area contributed by atoms with Gasteiger partial charge in [0.05, 0.1) is 39.7 Å². The van der Waals surface area contributed by atoms with Crippen LogP contribution in [-0.4, -0.2) is 109 Å². The molecule has 30 heteroatoms. The number of carbonyl (C=O) groups excluding carboxylic acids is 3. The number of carbonyl (C=O) groups is 3. The van der Waals surface area contributed by atoms with Crippen LogP contribution in [0.5, 0.6) is 0 Å². The Morgan fingerprint density at radius 3 is 1.41 bits per heavy atom. The summed E-state index contributed by atoms with van der Waals surface area (Å²) in [5, 5.41) is 40.2. The van der Waals surface area contributed by atoms with Gasteiger partial charge in [-0.15, -0.1) is 0 Å². The largest absolute Gasteiger partial charge is 0.444 e. The number of aliphatic imine (C=N–C) groups is 3. The lowest BCUT2D eigenvalue weighted by atomic mass is 9.69. The maximum absolute atomic E-state index is 14.8. The van der Waals surface area contributed by atoms with Crippen LogP contribution >= 0.6 is 47.5 Å². The van der Waals surface area contributed by atoms with Gasteiger partial charge in [-0.05, 0) is 255 Å². The van der Waals surface area contributed by atoms with Gasteiger partial charge in [0, 0.05) is 105 Å². The van der Waals surface area contributed by atoms with E-state index in [0.29, 0.717) is 115 Å². The van der Waals surface area contributed by atoms with Crippen LogP contribution < -0.4 is 33.2 Å². The number of nitrogens with two attached hydrogens (primary N) is 3. The number of anilines is 1. The number of thioether (sulfide) groups is 3. The van der Waals surface area contributed by atoms with Crippen LogP contribution in [0.3, 0.4) is 0 Å². The van der Waals surface area contributed by atoms with Crippen LogP contribution in [0.2, 0.25) is 0 Å². The molecule has 18 atom stereocenters. The molecule has 1 saturated heterocycles. The van der Waals surface area contributed by atoms with E-state index < -0.39 is 61.7 Å². The zero-order chi connectivity index (χ0) is 94.9. The van der Waals surface area contributed by atoms with Crippen LogP contribution in [0.15, 0.2) is 179 Å². The monoisotopic (exact) mass is 1880 g/mol. The summed E-state index contributed by atoms with van der Waals surface area (Å²) in [6.07, 6.45) is 9.66. The molecule has 131 heavy (non-hydrogen) atoms. The Morgan fingerprint density at radius 2 is 0.916 bits per heavy atom. The average Bonchev–Trinajstić information content (AvgIpc) is 1.58. The number of non-ortho nitro benzene ring substituents is 1. The Balaban J connectivity index is 0.000000144. The lowest BCUT2D eigenvalue weighted by molar-refractivity contribution is -0.385. The second-order valence-corrected chi connectivity index (χ2v) is 43.5. The SMILES string of the molecule is C[C@H]1C[C@@H](CO)[C@](CC(=S)NC(=O)c2ccccc2)(c2ccccc2F)C1.C[C@H]1C[C@@H](CO)[C@](N)(c2ccccc2F)C1.C[C@H]1C[C@H]2COC[C@@]2(c2ccccc2F)C1.C[C@H]1C[C@H]2CSC(N)=N[C@@]2(c2ccccc2F)C1.C[C@H]1C[C@H]2CSC(NC(=O)OC(C)(C)C)=N[C@@]2(c2cc(N)ccc2F)C1.C[C@H]1C[C@H]2CSC(NC(=O)OC(C)(C)C)=N[C@@]2(c2cc([N+](=O)[O-])ccc2F)C1. The van der Waals surface area contributed by atoms with Gasteiger partial charge in [0.25, 0.3) is 11.6 Å². The molecular formula is C101H126F6N10O10S4. The van der Waals surface area contributed by atoms with E-state index in [1.54, 1.807) is 138 Å². The lowest BCUT2D eigenvalue weighted by Crippen LogP contribution is -2.42. The fourth-order valence-corrected chi connectivity index (χ4v) is 26.0. The molecule has 706 valence electrons. The Labute approximate surface area is 783 Å². The Morgan fingerprint density at radius 1 is 0.504 bits per heavy atom. The zero-order valence-corrected chi connectivity index (χ0v) is 80.0. The summed E-state index contributed by atoms with van der Waals surface area (Å²) in [6, 6.07) is 44.6. The number of amides is 3. The minimum atomic E-state index is -0.925. The van der Waals surface area contributed by atoms with Crippen LogP contribution in [0.4, 0.5) is 47.3 Å². The number of amidine groups is 3. The summed E-state index contributed by atoms with van der Waals surface area (Å²) in [7, 11) is 0. The van der Waals surface area contributed by atoms with Gasteiger partial charge in [-0.3, -0.25) is 40.5 Å². The molecule has 0 radical (unpaired) electrons. The number of hydrogen-bond donors (Lipinski definition) is 8. The Bertz CT molecular complexity index is 5340. The number of aliphatic hydroxyl groups is 2. The van der Waals surface area contributed by atoms with E-state index in [2.05, 4.69) is 62.5 Å². The molecule has 11 N–H and O–H groups in total. The summed E-state index contributed by atoms with van der Waals surface area (Å²) >= 11 is 9.96. The molecule has 7 aromatic rings. The number of aliphatic hydroxyl groups excluding tert-OH is 2. The van der Waals surface area contributed by atoms with Crippen molar-refractivity contribution in [1.29, 1.82) is 0 Å². The van der Waals surface area contributed by atoms with Gasteiger partial charge in [-0.1, -0.05) is 180 Å². The number of nitrogens with one attached hydrogen (secondary N) is 3. The quantitative estimate of drug-likeness (QED) is 0.0185.